The predicted octanol–water partition coefficient (Wildman–Crippen LogP) is 2.78. The van der Waals surface area contributed by atoms with Crippen molar-refractivity contribution in [2.24, 2.45) is 0 Å². The van der Waals surface area contributed by atoms with Crippen molar-refractivity contribution in [3.05, 3.63) is 33.8 Å². The van der Waals surface area contributed by atoms with Crippen LogP contribution in [0.2, 0.25) is 0 Å². The fraction of sp³-hybridized carbons (Fsp3) is 0.250. The van der Waals surface area contributed by atoms with E-state index in [1.165, 1.54) is 6.92 Å². The minimum Gasteiger partial charge on any atom is -0.389 e. The fourth-order valence-corrected chi connectivity index (χ4v) is 1.17. The van der Waals surface area contributed by atoms with Gasteiger partial charge >= 0.3 is 0 Å². The standard InChI is InChI=1S/C8H7BrF2O/c1-4(12)5-2-8(11)6(9)3-7(5)10/h2-4,12H,1H3/t4-/m1/s1. The molecule has 12 heavy (non-hydrogen) atoms. The molecule has 0 amide bonds. The van der Waals surface area contributed by atoms with Crippen LogP contribution in [-0.2, 0) is 0 Å². The van der Waals surface area contributed by atoms with Crippen LogP contribution in [0.15, 0.2) is 16.6 Å². The van der Waals surface area contributed by atoms with Crippen molar-refractivity contribution in [2.75, 3.05) is 0 Å². The lowest BCUT2D eigenvalue weighted by atomic mass is 10.1. The first kappa shape index (κ1) is 9.61. The molecule has 0 aromatic heterocycles. The van der Waals surface area contributed by atoms with Crippen LogP contribution in [-0.4, -0.2) is 5.11 Å². The lowest BCUT2D eigenvalue weighted by Crippen LogP contribution is -1.97. The van der Waals surface area contributed by atoms with E-state index >= 15 is 0 Å². The van der Waals surface area contributed by atoms with Crippen molar-refractivity contribution in [3.63, 3.8) is 0 Å². The highest BCUT2D eigenvalue weighted by Gasteiger charge is 2.11. The third-order valence-electron chi connectivity index (χ3n) is 1.49. The van der Waals surface area contributed by atoms with Gasteiger partial charge in [0.05, 0.1) is 10.6 Å². The van der Waals surface area contributed by atoms with Crippen LogP contribution in [0.5, 0.6) is 0 Å². The molecule has 0 radical (unpaired) electrons. The Hall–Kier alpha value is -0.480. The minimum atomic E-state index is -0.993. The molecule has 0 saturated heterocycles. The molecule has 0 aliphatic rings. The predicted molar refractivity (Wildman–Crippen MR) is 44.7 cm³/mol. The Morgan fingerprint density at radius 1 is 1.33 bits per heavy atom. The van der Waals surface area contributed by atoms with E-state index < -0.39 is 17.7 Å². The SMILES string of the molecule is C[C@@H](O)c1cc(F)c(Br)cc1F. The zero-order valence-electron chi connectivity index (χ0n) is 6.31. The summed E-state index contributed by atoms with van der Waals surface area (Å²) in [7, 11) is 0. The number of hydrogen-bond donors (Lipinski definition) is 1. The highest BCUT2D eigenvalue weighted by atomic mass is 79.9. The molecule has 0 unspecified atom stereocenters. The average molecular weight is 237 g/mol. The summed E-state index contributed by atoms with van der Waals surface area (Å²) in [5.41, 5.74) is -0.0318. The molecule has 1 nitrogen and oxygen atoms in total. The second kappa shape index (κ2) is 3.49. The van der Waals surface area contributed by atoms with Crippen molar-refractivity contribution in [2.45, 2.75) is 13.0 Å². The van der Waals surface area contributed by atoms with Gasteiger partial charge in [-0.05, 0) is 35.0 Å². The lowest BCUT2D eigenvalue weighted by Gasteiger charge is -2.06. The molecule has 66 valence electrons. The largest absolute Gasteiger partial charge is 0.389 e. The molecule has 1 rings (SSSR count). The molecular formula is C8H7BrF2O. The smallest absolute Gasteiger partial charge is 0.137 e. The molecule has 0 bridgehead atoms. The summed E-state index contributed by atoms with van der Waals surface area (Å²) in [6, 6.07) is 1.97. The van der Waals surface area contributed by atoms with E-state index in [0.29, 0.717) is 0 Å². The Labute approximate surface area is 77.2 Å². The van der Waals surface area contributed by atoms with E-state index in [0.717, 1.165) is 12.1 Å². The summed E-state index contributed by atoms with van der Waals surface area (Å²) in [6.07, 6.45) is -0.993. The number of hydrogen-bond acceptors (Lipinski definition) is 1. The summed E-state index contributed by atoms with van der Waals surface area (Å²) >= 11 is 2.83. The van der Waals surface area contributed by atoms with Crippen molar-refractivity contribution < 1.29 is 13.9 Å². The van der Waals surface area contributed by atoms with Crippen LogP contribution >= 0.6 is 15.9 Å². The summed E-state index contributed by atoms with van der Waals surface area (Å²) in [5.74, 6) is -1.19. The van der Waals surface area contributed by atoms with Crippen LogP contribution in [0.4, 0.5) is 8.78 Å². The van der Waals surface area contributed by atoms with E-state index in [9.17, 15) is 8.78 Å². The molecule has 1 atom stereocenters. The first-order valence-electron chi connectivity index (χ1n) is 3.35. The Morgan fingerprint density at radius 3 is 2.42 bits per heavy atom. The molecule has 0 saturated carbocycles. The number of rotatable bonds is 1. The van der Waals surface area contributed by atoms with Gasteiger partial charge in [-0.1, -0.05) is 0 Å². The molecule has 1 N–H and O–H groups in total. The molecule has 4 heteroatoms. The number of aliphatic hydroxyl groups is 1. The van der Waals surface area contributed by atoms with Crippen LogP contribution in [0.25, 0.3) is 0 Å². The zero-order valence-corrected chi connectivity index (χ0v) is 7.90. The van der Waals surface area contributed by atoms with Gasteiger partial charge in [-0.2, -0.15) is 0 Å². The number of aliphatic hydroxyl groups excluding tert-OH is 1. The summed E-state index contributed by atoms with van der Waals surface area (Å²) in [5, 5.41) is 9.00. The van der Waals surface area contributed by atoms with Gasteiger partial charge in [0.15, 0.2) is 0 Å². The van der Waals surface area contributed by atoms with E-state index in [1.807, 2.05) is 0 Å². The lowest BCUT2D eigenvalue weighted by molar-refractivity contribution is 0.193. The van der Waals surface area contributed by atoms with Gasteiger partial charge in [0.25, 0.3) is 0 Å². The van der Waals surface area contributed by atoms with Crippen LogP contribution in [0, 0.1) is 11.6 Å². The Balaban J connectivity index is 3.23. The third kappa shape index (κ3) is 1.81. The summed E-state index contributed by atoms with van der Waals surface area (Å²) in [6.45, 7) is 1.38. The fourth-order valence-electron chi connectivity index (χ4n) is 0.858. The second-order valence-electron chi connectivity index (χ2n) is 2.46. The molecule has 0 fully saturated rings. The normalized spacial score (nSPS) is 13.1. The molecule has 1 aromatic rings. The van der Waals surface area contributed by atoms with Crippen molar-refractivity contribution in [1.82, 2.24) is 0 Å². The monoisotopic (exact) mass is 236 g/mol. The third-order valence-corrected chi connectivity index (χ3v) is 2.10. The number of benzene rings is 1. The maximum Gasteiger partial charge on any atom is 0.137 e. The Bertz CT molecular complexity index is 299. The quantitative estimate of drug-likeness (QED) is 0.744. The summed E-state index contributed by atoms with van der Waals surface area (Å²) in [4.78, 5) is 0. The molecule has 0 heterocycles. The molecule has 1 aromatic carbocycles. The van der Waals surface area contributed by atoms with Gasteiger partial charge in [-0.15, -0.1) is 0 Å². The van der Waals surface area contributed by atoms with E-state index in [-0.39, 0.29) is 10.0 Å². The first-order chi connectivity index (χ1) is 5.52. The van der Waals surface area contributed by atoms with Gasteiger partial charge in [0.1, 0.15) is 11.6 Å². The topological polar surface area (TPSA) is 20.2 Å². The first-order valence-corrected chi connectivity index (χ1v) is 4.14. The minimum absolute atomic E-state index is 0.0318. The average Bonchev–Trinajstić information content (AvgIpc) is 1.96. The van der Waals surface area contributed by atoms with Crippen molar-refractivity contribution >= 4 is 15.9 Å². The molecule has 0 aliphatic heterocycles. The van der Waals surface area contributed by atoms with Crippen molar-refractivity contribution in [3.8, 4) is 0 Å². The van der Waals surface area contributed by atoms with Crippen LogP contribution in [0.1, 0.15) is 18.6 Å². The zero-order chi connectivity index (χ0) is 9.30. The Morgan fingerprint density at radius 2 is 1.92 bits per heavy atom. The molecule has 0 spiro atoms. The van der Waals surface area contributed by atoms with E-state index in [2.05, 4.69) is 15.9 Å². The maximum absolute atomic E-state index is 12.9. The van der Waals surface area contributed by atoms with Crippen molar-refractivity contribution in [1.29, 1.82) is 0 Å². The highest BCUT2D eigenvalue weighted by molar-refractivity contribution is 9.10. The number of halogens is 3. The van der Waals surface area contributed by atoms with Gasteiger partial charge < -0.3 is 5.11 Å². The highest BCUT2D eigenvalue weighted by Crippen LogP contribution is 2.23. The van der Waals surface area contributed by atoms with Crippen LogP contribution < -0.4 is 0 Å². The van der Waals surface area contributed by atoms with Gasteiger partial charge in [-0.25, -0.2) is 8.78 Å². The molecular weight excluding hydrogens is 230 g/mol. The molecule has 0 aliphatic carbocycles. The summed E-state index contributed by atoms with van der Waals surface area (Å²) < 4.78 is 25.8. The Kier molecular flexibility index (Phi) is 2.80. The maximum atomic E-state index is 12.9. The van der Waals surface area contributed by atoms with Gasteiger partial charge in [0, 0.05) is 5.56 Å². The van der Waals surface area contributed by atoms with E-state index in [4.69, 9.17) is 5.11 Å². The van der Waals surface area contributed by atoms with E-state index in [1.54, 1.807) is 0 Å². The second-order valence-corrected chi connectivity index (χ2v) is 3.32. The van der Waals surface area contributed by atoms with Gasteiger partial charge in [-0.3, -0.25) is 0 Å². The van der Waals surface area contributed by atoms with Crippen LogP contribution in [0.3, 0.4) is 0 Å². The van der Waals surface area contributed by atoms with Gasteiger partial charge in [0.2, 0.25) is 0 Å².